The molecule has 0 aliphatic carbocycles. The van der Waals surface area contributed by atoms with Gasteiger partial charge in [-0.15, -0.1) is 0 Å². The molecule has 1 fully saturated rings. The van der Waals surface area contributed by atoms with Crippen molar-refractivity contribution in [3.8, 4) is 0 Å². The van der Waals surface area contributed by atoms with Gasteiger partial charge in [0.2, 0.25) is 5.91 Å². The van der Waals surface area contributed by atoms with Crippen LogP contribution in [0, 0.1) is 5.92 Å². The van der Waals surface area contributed by atoms with E-state index in [2.05, 4.69) is 39.5 Å². The van der Waals surface area contributed by atoms with Crippen molar-refractivity contribution in [1.29, 1.82) is 0 Å². The lowest BCUT2D eigenvalue weighted by Gasteiger charge is -2.35. The van der Waals surface area contributed by atoms with Gasteiger partial charge in [-0.1, -0.05) is 48.5 Å². The zero-order chi connectivity index (χ0) is 26.9. The van der Waals surface area contributed by atoms with Crippen molar-refractivity contribution in [2.45, 2.75) is 32.4 Å². The van der Waals surface area contributed by atoms with Crippen LogP contribution in [-0.4, -0.2) is 40.7 Å². The molecule has 4 aromatic rings. The van der Waals surface area contributed by atoms with Crippen molar-refractivity contribution < 1.29 is 14.4 Å². The lowest BCUT2D eigenvalue weighted by atomic mass is 9.94. The molecule has 7 nitrogen and oxygen atoms in total. The average molecular weight is 519 g/mol. The maximum absolute atomic E-state index is 13.5. The molecule has 3 heterocycles. The summed E-state index contributed by atoms with van der Waals surface area (Å²) in [5.74, 6) is -0.788. The lowest BCUT2D eigenvalue weighted by molar-refractivity contribution is -0.125. The minimum atomic E-state index is -0.293. The summed E-state index contributed by atoms with van der Waals surface area (Å²) in [6.45, 7) is 3.44. The van der Waals surface area contributed by atoms with E-state index in [1.807, 2.05) is 37.3 Å². The van der Waals surface area contributed by atoms with Gasteiger partial charge in [0, 0.05) is 25.5 Å². The summed E-state index contributed by atoms with van der Waals surface area (Å²) in [5.41, 5.74) is 3.51. The maximum atomic E-state index is 13.5. The van der Waals surface area contributed by atoms with E-state index in [1.54, 1.807) is 30.6 Å². The van der Waals surface area contributed by atoms with E-state index in [1.165, 1.54) is 4.90 Å². The zero-order valence-corrected chi connectivity index (χ0v) is 21.8. The first-order chi connectivity index (χ1) is 19.0. The SMILES string of the molecule is CC(NC(=O)C1CCCN(c2cccc3c2C(=O)N(Cc2ccncc2)C3=O)C1)c1cccc2ccccc12. The van der Waals surface area contributed by atoms with E-state index >= 15 is 0 Å². The summed E-state index contributed by atoms with van der Waals surface area (Å²) in [7, 11) is 0. The number of pyridine rings is 1. The second-order valence-electron chi connectivity index (χ2n) is 10.3. The highest BCUT2D eigenvalue weighted by molar-refractivity contribution is 6.23. The predicted octanol–water partition coefficient (Wildman–Crippen LogP) is 5.12. The van der Waals surface area contributed by atoms with Gasteiger partial charge in [0.25, 0.3) is 11.8 Å². The Morgan fingerprint density at radius 2 is 1.74 bits per heavy atom. The number of nitrogens with one attached hydrogen (secondary N) is 1. The second kappa shape index (κ2) is 10.3. The van der Waals surface area contributed by atoms with E-state index in [9.17, 15) is 14.4 Å². The predicted molar refractivity (Wildman–Crippen MR) is 150 cm³/mol. The maximum Gasteiger partial charge on any atom is 0.263 e. The van der Waals surface area contributed by atoms with Crippen LogP contribution in [0.5, 0.6) is 0 Å². The topological polar surface area (TPSA) is 82.6 Å². The third kappa shape index (κ3) is 4.65. The second-order valence-corrected chi connectivity index (χ2v) is 10.3. The number of fused-ring (bicyclic) bond motifs is 2. The van der Waals surface area contributed by atoms with Crippen LogP contribution in [0.1, 0.15) is 57.7 Å². The summed E-state index contributed by atoms with van der Waals surface area (Å²) in [6.07, 6.45) is 4.91. The smallest absolute Gasteiger partial charge is 0.263 e. The number of rotatable bonds is 6. The highest BCUT2D eigenvalue weighted by atomic mass is 16.2. The third-order valence-corrected chi connectivity index (χ3v) is 7.85. The van der Waals surface area contributed by atoms with Gasteiger partial charge < -0.3 is 10.2 Å². The third-order valence-electron chi connectivity index (χ3n) is 7.85. The summed E-state index contributed by atoms with van der Waals surface area (Å²) < 4.78 is 0. The quantitative estimate of drug-likeness (QED) is 0.358. The van der Waals surface area contributed by atoms with Gasteiger partial charge in [-0.2, -0.15) is 0 Å². The minimum absolute atomic E-state index is 0.00873. The van der Waals surface area contributed by atoms with Gasteiger partial charge in [0.05, 0.1) is 35.3 Å². The molecule has 196 valence electrons. The molecule has 2 atom stereocenters. The number of imide groups is 1. The van der Waals surface area contributed by atoms with Crippen molar-refractivity contribution in [3.05, 3.63) is 107 Å². The normalized spacial score (nSPS) is 17.8. The Bertz CT molecular complexity index is 1560. The molecule has 2 unspecified atom stereocenters. The number of piperidine rings is 1. The molecule has 0 radical (unpaired) electrons. The Kier molecular flexibility index (Phi) is 6.57. The fourth-order valence-electron chi connectivity index (χ4n) is 5.84. The van der Waals surface area contributed by atoms with Crippen LogP contribution in [0.25, 0.3) is 10.8 Å². The van der Waals surface area contributed by atoms with E-state index in [0.29, 0.717) is 17.7 Å². The number of carbonyl (C=O) groups is 3. The fraction of sp³-hybridized carbons (Fsp3) is 0.250. The van der Waals surface area contributed by atoms with Crippen LogP contribution in [0.4, 0.5) is 5.69 Å². The number of hydrogen-bond acceptors (Lipinski definition) is 5. The first-order valence-electron chi connectivity index (χ1n) is 13.4. The van der Waals surface area contributed by atoms with E-state index < -0.39 is 0 Å². The Balaban J connectivity index is 1.19. The van der Waals surface area contributed by atoms with Crippen molar-refractivity contribution in [2.75, 3.05) is 18.0 Å². The van der Waals surface area contributed by atoms with Gasteiger partial charge in [0.15, 0.2) is 0 Å². The Labute approximate surface area is 227 Å². The molecule has 3 aromatic carbocycles. The van der Waals surface area contributed by atoms with Crippen molar-refractivity contribution in [2.24, 2.45) is 5.92 Å². The number of amides is 3. The molecule has 0 bridgehead atoms. The monoisotopic (exact) mass is 518 g/mol. The number of carbonyl (C=O) groups excluding carboxylic acids is 3. The lowest BCUT2D eigenvalue weighted by Crippen LogP contribution is -2.44. The molecule has 1 N–H and O–H groups in total. The van der Waals surface area contributed by atoms with Gasteiger partial charge in [-0.05, 0) is 65.9 Å². The van der Waals surface area contributed by atoms with Gasteiger partial charge in [-0.25, -0.2) is 0 Å². The number of benzene rings is 3. The van der Waals surface area contributed by atoms with Crippen LogP contribution in [0.2, 0.25) is 0 Å². The zero-order valence-electron chi connectivity index (χ0n) is 21.8. The summed E-state index contributed by atoms with van der Waals surface area (Å²) in [5, 5.41) is 5.52. The highest BCUT2D eigenvalue weighted by Crippen LogP contribution is 2.35. The van der Waals surface area contributed by atoms with Crippen molar-refractivity contribution in [3.63, 3.8) is 0 Å². The Morgan fingerprint density at radius 3 is 2.59 bits per heavy atom. The minimum Gasteiger partial charge on any atom is -0.370 e. The molecular formula is C32H30N4O3. The molecule has 1 saturated heterocycles. The van der Waals surface area contributed by atoms with Gasteiger partial charge >= 0.3 is 0 Å². The molecule has 0 saturated carbocycles. The molecular weight excluding hydrogens is 488 g/mol. The fourth-order valence-corrected chi connectivity index (χ4v) is 5.84. The Morgan fingerprint density at radius 1 is 0.974 bits per heavy atom. The van der Waals surface area contributed by atoms with Crippen molar-refractivity contribution in [1.82, 2.24) is 15.2 Å². The molecule has 2 aliphatic heterocycles. The average Bonchev–Trinajstić information content (AvgIpc) is 3.22. The largest absolute Gasteiger partial charge is 0.370 e. The van der Waals surface area contributed by atoms with Crippen LogP contribution in [-0.2, 0) is 11.3 Å². The van der Waals surface area contributed by atoms with Gasteiger partial charge in [-0.3, -0.25) is 24.3 Å². The standard InChI is InChI=1S/C32H30N4O3/c1-21(25-11-4-8-23-7-2-3-10-26(23)25)34-30(37)24-9-6-18-35(20-24)28-13-5-12-27-29(28)32(39)36(31(27)38)19-22-14-16-33-17-15-22/h2-5,7-8,10-17,21,24H,6,9,18-20H2,1H3,(H,34,37). The molecule has 39 heavy (non-hydrogen) atoms. The van der Waals surface area contributed by atoms with E-state index in [0.717, 1.165) is 47.0 Å². The number of nitrogens with zero attached hydrogens (tertiary/aromatic N) is 3. The van der Waals surface area contributed by atoms with Gasteiger partial charge in [0.1, 0.15) is 0 Å². The van der Waals surface area contributed by atoms with E-state index in [4.69, 9.17) is 0 Å². The van der Waals surface area contributed by atoms with Crippen LogP contribution in [0.15, 0.2) is 85.2 Å². The molecule has 7 heteroatoms. The molecule has 0 spiro atoms. The molecule has 6 rings (SSSR count). The summed E-state index contributed by atoms with van der Waals surface area (Å²) >= 11 is 0. The van der Waals surface area contributed by atoms with Crippen LogP contribution < -0.4 is 10.2 Å². The summed E-state index contributed by atoms with van der Waals surface area (Å²) in [4.78, 5) is 47.5. The van der Waals surface area contributed by atoms with Crippen molar-refractivity contribution >= 4 is 34.2 Å². The Hall–Kier alpha value is -4.52. The number of aromatic nitrogens is 1. The molecule has 2 aliphatic rings. The number of anilines is 1. The number of hydrogen-bond donors (Lipinski definition) is 1. The van der Waals surface area contributed by atoms with Crippen LogP contribution in [0.3, 0.4) is 0 Å². The first-order valence-corrected chi connectivity index (χ1v) is 13.4. The van der Waals surface area contributed by atoms with E-state index in [-0.39, 0.29) is 36.2 Å². The van der Waals surface area contributed by atoms with Crippen LogP contribution >= 0.6 is 0 Å². The highest BCUT2D eigenvalue weighted by Gasteiger charge is 2.39. The first kappa shape index (κ1) is 24.8. The summed E-state index contributed by atoms with van der Waals surface area (Å²) in [6, 6.07) is 23.3. The molecule has 3 amide bonds. The molecule has 1 aromatic heterocycles.